The topological polar surface area (TPSA) is 158 Å². The van der Waals surface area contributed by atoms with E-state index in [2.05, 4.69) is 15.0 Å². The monoisotopic (exact) mass is 656 g/mol. The Kier molecular flexibility index (Phi) is 8.73. The van der Waals surface area contributed by atoms with E-state index in [1.165, 1.54) is 24.3 Å². The van der Waals surface area contributed by atoms with Crippen LogP contribution in [0.1, 0.15) is 28.5 Å². The van der Waals surface area contributed by atoms with Crippen molar-refractivity contribution in [2.75, 3.05) is 0 Å². The zero-order valence-electron chi connectivity index (χ0n) is 21.4. The molecule has 2 aromatic heterocycles. The van der Waals surface area contributed by atoms with Gasteiger partial charge in [0.1, 0.15) is 58.4 Å². The lowest BCUT2D eigenvalue weighted by atomic mass is 9.92. The molecule has 0 fully saturated rings. The molecule has 20 heteroatoms. The molecule has 0 aliphatic heterocycles. The van der Waals surface area contributed by atoms with Crippen molar-refractivity contribution in [2.24, 2.45) is 0 Å². The highest BCUT2D eigenvalue weighted by atomic mass is 19.4. The molecule has 3 rings (SSSR count). The molecule has 3 aromatic rings. The van der Waals surface area contributed by atoms with E-state index < -0.39 is 97.1 Å². The first-order valence-electron chi connectivity index (χ1n) is 11.3. The summed E-state index contributed by atoms with van der Waals surface area (Å²) in [5.74, 6) is -2.50. The van der Waals surface area contributed by atoms with Crippen molar-refractivity contribution in [3.05, 3.63) is 63.2 Å². The van der Waals surface area contributed by atoms with Gasteiger partial charge in [0.05, 0.1) is 5.69 Å². The third-order valence-corrected chi connectivity index (χ3v) is 5.66. The summed E-state index contributed by atoms with van der Waals surface area (Å²) >= 11 is 0. The van der Waals surface area contributed by atoms with Gasteiger partial charge in [-0.15, -0.1) is 0 Å². The molecule has 2 heterocycles. The minimum atomic E-state index is -5.77. The molecule has 8 nitrogen and oxygen atoms in total. The van der Waals surface area contributed by atoms with Crippen LogP contribution in [-0.4, -0.2) is 15.0 Å². The molecule has 0 saturated heterocycles. The Bertz CT molecular complexity index is 2040. The number of halogens is 12. The third-order valence-electron chi connectivity index (χ3n) is 5.66. The van der Waals surface area contributed by atoms with Gasteiger partial charge in [-0.25, -0.2) is 15.0 Å². The van der Waals surface area contributed by atoms with Gasteiger partial charge in [0.2, 0.25) is 5.82 Å². The highest BCUT2D eigenvalue weighted by Crippen LogP contribution is 2.38. The number of alkyl halides is 12. The Balaban J connectivity index is 2.81. The largest absolute Gasteiger partial charge is 0.451 e. The Labute approximate surface area is 246 Å². The maximum Gasteiger partial charge on any atom is 0.451 e. The van der Waals surface area contributed by atoms with Crippen LogP contribution in [0.5, 0.6) is 0 Å². The SMILES string of the molecule is N#CC(C#N)=c1cc(-c2nc(C(F)(F)F)nc(C(F)(F)F)c2C#N)c(=C(C#N)C#N)cc1-c1cc(C(F)(F)F)nc(C(F)(F)F)c1. The van der Waals surface area contributed by atoms with Gasteiger partial charge in [-0.3, -0.25) is 0 Å². The molecule has 0 atom stereocenters. The van der Waals surface area contributed by atoms with Crippen molar-refractivity contribution in [1.29, 1.82) is 26.3 Å². The number of hydrogen-bond donors (Lipinski definition) is 0. The number of aromatic nitrogens is 3. The van der Waals surface area contributed by atoms with E-state index in [-0.39, 0.29) is 12.1 Å². The summed E-state index contributed by atoms with van der Waals surface area (Å²) in [6, 6.07) is 6.47. The molecule has 0 amide bonds. The predicted molar refractivity (Wildman–Crippen MR) is 124 cm³/mol. The number of nitriles is 5. The van der Waals surface area contributed by atoms with Gasteiger partial charge >= 0.3 is 24.7 Å². The van der Waals surface area contributed by atoms with Crippen LogP contribution >= 0.6 is 0 Å². The van der Waals surface area contributed by atoms with Crippen LogP contribution in [0, 0.1) is 56.7 Å². The second kappa shape index (κ2) is 11.7. The zero-order valence-corrected chi connectivity index (χ0v) is 21.4. The van der Waals surface area contributed by atoms with E-state index in [4.69, 9.17) is 0 Å². The highest BCUT2D eigenvalue weighted by Gasteiger charge is 2.44. The average molecular weight is 656 g/mol. The molecular weight excluding hydrogens is 652 g/mol. The zero-order chi connectivity index (χ0) is 35.0. The lowest BCUT2D eigenvalue weighted by Gasteiger charge is -2.17. The van der Waals surface area contributed by atoms with Crippen molar-refractivity contribution in [3.63, 3.8) is 0 Å². The van der Waals surface area contributed by atoms with Crippen molar-refractivity contribution in [3.8, 4) is 52.7 Å². The van der Waals surface area contributed by atoms with E-state index in [0.29, 0.717) is 12.1 Å². The molecule has 0 N–H and O–H groups in total. The molecule has 232 valence electrons. The fraction of sp³-hybridized carbons (Fsp3) is 0.154. The molecule has 0 aliphatic rings. The fourth-order valence-corrected chi connectivity index (χ4v) is 3.81. The molecule has 0 unspecified atom stereocenters. The molecule has 0 spiro atoms. The van der Waals surface area contributed by atoms with E-state index in [0.717, 1.165) is 6.07 Å². The number of nitrogens with zero attached hydrogens (tertiary/aromatic N) is 8. The molecule has 1 aromatic carbocycles. The van der Waals surface area contributed by atoms with E-state index >= 15 is 0 Å². The average Bonchev–Trinajstić information content (AvgIpc) is 2.95. The summed E-state index contributed by atoms with van der Waals surface area (Å²) in [7, 11) is 0. The summed E-state index contributed by atoms with van der Waals surface area (Å²) in [4.78, 5) is 7.80. The molecule has 0 saturated carbocycles. The molecule has 0 bridgehead atoms. The standard InChI is InChI=1S/C26H4F12N8/c27-23(28,29)18-1-10(2-19(44-18)24(30,31)32)13-3-15(12(7-41)8-42)16(4-14(13)11(5-39)6-40)20-17(9-43)21(25(33,34)35)46-22(45-20)26(36,37)38/h1-4H. The smallest absolute Gasteiger partial charge is 0.239 e. The van der Waals surface area contributed by atoms with Crippen molar-refractivity contribution < 1.29 is 52.7 Å². The quantitative estimate of drug-likeness (QED) is 0.325. The molecule has 0 aliphatic carbocycles. The number of rotatable bonds is 2. The van der Waals surface area contributed by atoms with Gasteiger partial charge in [-0.2, -0.15) is 79.0 Å². The summed E-state index contributed by atoms with van der Waals surface area (Å²) < 4.78 is 163. The van der Waals surface area contributed by atoms with Gasteiger partial charge in [0.15, 0.2) is 5.69 Å². The summed E-state index contributed by atoms with van der Waals surface area (Å²) in [6.45, 7) is 0. The predicted octanol–water partition coefficient (Wildman–Crippen LogP) is 5.55. The van der Waals surface area contributed by atoms with E-state index in [1.54, 1.807) is 0 Å². The lowest BCUT2D eigenvalue weighted by Crippen LogP contribution is -2.24. The van der Waals surface area contributed by atoms with Crippen LogP contribution in [0.15, 0.2) is 24.3 Å². The van der Waals surface area contributed by atoms with Crippen LogP contribution in [-0.2, 0) is 24.7 Å². The number of hydrogen-bond acceptors (Lipinski definition) is 8. The van der Waals surface area contributed by atoms with E-state index in [1.807, 2.05) is 0 Å². The third kappa shape index (κ3) is 6.64. The van der Waals surface area contributed by atoms with Gasteiger partial charge in [0.25, 0.3) is 0 Å². The van der Waals surface area contributed by atoms with Crippen molar-refractivity contribution in [2.45, 2.75) is 24.7 Å². The Morgan fingerprint density at radius 1 is 0.522 bits per heavy atom. The normalized spacial score (nSPS) is 11.8. The van der Waals surface area contributed by atoms with Gasteiger partial charge in [-0.1, -0.05) is 0 Å². The Morgan fingerprint density at radius 2 is 0.957 bits per heavy atom. The first kappa shape index (κ1) is 34.3. The molecule has 0 radical (unpaired) electrons. The fourth-order valence-electron chi connectivity index (χ4n) is 3.81. The van der Waals surface area contributed by atoms with Crippen molar-refractivity contribution in [1.82, 2.24) is 15.0 Å². The maximum atomic E-state index is 13.8. The van der Waals surface area contributed by atoms with Gasteiger partial charge in [0, 0.05) is 16.0 Å². The Morgan fingerprint density at radius 3 is 1.33 bits per heavy atom. The minimum absolute atomic E-state index is 0.00275. The summed E-state index contributed by atoms with van der Waals surface area (Å²) in [6.07, 6.45) is -22.6. The first-order valence-corrected chi connectivity index (χ1v) is 11.3. The van der Waals surface area contributed by atoms with E-state index in [9.17, 15) is 79.0 Å². The molecule has 46 heavy (non-hydrogen) atoms. The summed E-state index contributed by atoms with van der Waals surface area (Å²) in [5.41, 5.74) is -15.7. The number of pyridine rings is 1. The highest BCUT2D eigenvalue weighted by molar-refractivity contribution is 5.85. The van der Waals surface area contributed by atoms with Crippen molar-refractivity contribution >= 4 is 11.1 Å². The lowest BCUT2D eigenvalue weighted by molar-refractivity contribution is -0.153. The van der Waals surface area contributed by atoms with Gasteiger partial charge in [-0.05, 0) is 35.4 Å². The van der Waals surface area contributed by atoms with Crippen LogP contribution in [0.2, 0.25) is 0 Å². The van der Waals surface area contributed by atoms with Crippen LogP contribution in [0.25, 0.3) is 33.5 Å². The maximum absolute atomic E-state index is 13.8. The second-order valence-electron chi connectivity index (χ2n) is 8.49. The van der Waals surface area contributed by atoms with Crippen LogP contribution < -0.4 is 10.4 Å². The first-order chi connectivity index (χ1) is 21.1. The van der Waals surface area contributed by atoms with Crippen LogP contribution in [0.4, 0.5) is 52.7 Å². The van der Waals surface area contributed by atoms with Crippen LogP contribution in [0.3, 0.4) is 0 Å². The Hall–Kier alpha value is -6.20. The second-order valence-corrected chi connectivity index (χ2v) is 8.49. The molecular formula is C26H4F12N8. The minimum Gasteiger partial charge on any atom is -0.239 e. The summed E-state index contributed by atoms with van der Waals surface area (Å²) in [5, 5.41) is 45.4. The number of benzene rings is 1. The van der Waals surface area contributed by atoms with Gasteiger partial charge < -0.3 is 0 Å².